The van der Waals surface area contributed by atoms with E-state index in [9.17, 15) is 9.59 Å². The van der Waals surface area contributed by atoms with Gasteiger partial charge in [-0.15, -0.1) is 0 Å². The summed E-state index contributed by atoms with van der Waals surface area (Å²) in [7, 11) is 0. The van der Waals surface area contributed by atoms with Crippen LogP contribution < -0.4 is 0 Å². The first-order valence-electron chi connectivity index (χ1n) is 5.12. The second-order valence-corrected chi connectivity index (χ2v) is 3.03. The number of carbonyl (C=O) groups excluding carboxylic acids is 2. The molecule has 0 fully saturated rings. The van der Waals surface area contributed by atoms with Gasteiger partial charge in [-0.05, 0) is 6.42 Å². The second kappa shape index (κ2) is 8.03. The number of ether oxygens (including phenoxy) is 2. The van der Waals surface area contributed by atoms with Gasteiger partial charge in [-0.3, -0.25) is 4.79 Å². The minimum Gasteiger partial charge on any atom is -0.466 e. The van der Waals surface area contributed by atoms with Crippen molar-refractivity contribution in [2.75, 3.05) is 6.61 Å². The van der Waals surface area contributed by atoms with Crippen LogP contribution in [0.3, 0.4) is 0 Å². The third-order valence-corrected chi connectivity index (χ3v) is 1.90. The van der Waals surface area contributed by atoms with Crippen LogP contribution in [0.4, 0.5) is 0 Å². The summed E-state index contributed by atoms with van der Waals surface area (Å²) in [6, 6.07) is 0. The molecular weight excluding hydrogens is 196 g/mol. The van der Waals surface area contributed by atoms with E-state index in [1.165, 1.54) is 0 Å². The zero-order valence-electron chi connectivity index (χ0n) is 9.32. The topological polar surface area (TPSA) is 52.6 Å². The fraction of sp³-hybridized carbons (Fsp3) is 0.636. The average molecular weight is 214 g/mol. The summed E-state index contributed by atoms with van der Waals surface area (Å²) in [5.74, 6) is -0.677. The Morgan fingerprint density at radius 3 is 2.53 bits per heavy atom. The Balaban J connectivity index is 3.75. The molecule has 0 heterocycles. The number of hydrogen-bond acceptors (Lipinski definition) is 4. The van der Waals surface area contributed by atoms with Crippen molar-refractivity contribution in [2.45, 2.75) is 39.2 Å². The first kappa shape index (κ1) is 13.7. The Morgan fingerprint density at radius 1 is 1.40 bits per heavy atom. The van der Waals surface area contributed by atoms with Crippen molar-refractivity contribution < 1.29 is 19.1 Å². The van der Waals surface area contributed by atoms with Crippen LogP contribution in [0.5, 0.6) is 0 Å². The van der Waals surface area contributed by atoms with E-state index < -0.39 is 5.97 Å². The van der Waals surface area contributed by atoms with Crippen molar-refractivity contribution in [1.82, 2.24) is 0 Å². The van der Waals surface area contributed by atoms with Crippen molar-refractivity contribution in [3.63, 3.8) is 0 Å². The molecule has 0 aliphatic heterocycles. The van der Waals surface area contributed by atoms with E-state index in [1.807, 2.05) is 6.92 Å². The highest BCUT2D eigenvalue weighted by Gasteiger charge is 2.11. The SMILES string of the molecule is C=CC(=O)OC(CC)CCOC(=O)CC. The lowest BCUT2D eigenvalue weighted by Crippen LogP contribution is -2.19. The third kappa shape index (κ3) is 6.71. The molecule has 0 saturated carbocycles. The van der Waals surface area contributed by atoms with Gasteiger partial charge >= 0.3 is 11.9 Å². The minimum absolute atomic E-state index is 0.208. The molecule has 0 radical (unpaired) electrons. The normalized spacial score (nSPS) is 11.6. The van der Waals surface area contributed by atoms with E-state index in [2.05, 4.69) is 6.58 Å². The van der Waals surface area contributed by atoms with Crippen LogP contribution in [-0.4, -0.2) is 24.6 Å². The van der Waals surface area contributed by atoms with Crippen LogP contribution in [0.25, 0.3) is 0 Å². The van der Waals surface area contributed by atoms with Gasteiger partial charge < -0.3 is 9.47 Å². The Labute approximate surface area is 90.2 Å². The summed E-state index contributed by atoms with van der Waals surface area (Å²) in [6.07, 6.45) is 2.51. The molecule has 0 aliphatic rings. The van der Waals surface area contributed by atoms with E-state index in [-0.39, 0.29) is 18.7 Å². The van der Waals surface area contributed by atoms with E-state index in [1.54, 1.807) is 6.92 Å². The van der Waals surface area contributed by atoms with Crippen molar-refractivity contribution in [2.24, 2.45) is 0 Å². The summed E-state index contributed by atoms with van der Waals surface area (Å²) < 4.78 is 9.90. The standard InChI is InChI=1S/C11H18O4/c1-4-9(15-11(13)6-3)7-8-14-10(12)5-2/h6,9H,3-5,7-8H2,1-2H3. The van der Waals surface area contributed by atoms with Gasteiger partial charge in [0.1, 0.15) is 6.10 Å². The highest BCUT2D eigenvalue weighted by atomic mass is 16.6. The molecule has 1 atom stereocenters. The molecule has 0 aromatic rings. The van der Waals surface area contributed by atoms with Crippen LogP contribution in [0.2, 0.25) is 0 Å². The van der Waals surface area contributed by atoms with Gasteiger partial charge in [0.2, 0.25) is 0 Å². The molecule has 0 aliphatic carbocycles. The fourth-order valence-corrected chi connectivity index (χ4v) is 0.965. The molecule has 0 saturated heterocycles. The highest BCUT2D eigenvalue weighted by Crippen LogP contribution is 2.05. The number of rotatable bonds is 7. The maximum absolute atomic E-state index is 10.9. The smallest absolute Gasteiger partial charge is 0.330 e. The largest absolute Gasteiger partial charge is 0.466 e. The Morgan fingerprint density at radius 2 is 2.07 bits per heavy atom. The van der Waals surface area contributed by atoms with Crippen LogP contribution in [0, 0.1) is 0 Å². The Kier molecular flexibility index (Phi) is 7.32. The van der Waals surface area contributed by atoms with Crippen LogP contribution in [0.1, 0.15) is 33.1 Å². The Hall–Kier alpha value is -1.32. The lowest BCUT2D eigenvalue weighted by Gasteiger charge is -2.14. The molecule has 4 nitrogen and oxygen atoms in total. The predicted molar refractivity (Wildman–Crippen MR) is 56.2 cm³/mol. The lowest BCUT2D eigenvalue weighted by atomic mass is 10.2. The zero-order valence-corrected chi connectivity index (χ0v) is 9.32. The second-order valence-electron chi connectivity index (χ2n) is 3.03. The van der Waals surface area contributed by atoms with Gasteiger partial charge in [-0.1, -0.05) is 20.4 Å². The molecule has 0 aromatic carbocycles. The van der Waals surface area contributed by atoms with Gasteiger partial charge in [0, 0.05) is 18.9 Å². The van der Waals surface area contributed by atoms with Gasteiger partial charge in [0.05, 0.1) is 6.61 Å². The first-order chi connectivity index (χ1) is 7.13. The predicted octanol–water partition coefficient (Wildman–Crippen LogP) is 1.84. The van der Waals surface area contributed by atoms with E-state index in [4.69, 9.17) is 9.47 Å². The summed E-state index contributed by atoms with van der Waals surface area (Å²) in [6.45, 7) is 7.24. The molecule has 15 heavy (non-hydrogen) atoms. The zero-order chi connectivity index (χ0) is 11.7. The summed E-state index contributed by atoms with van der Waals surface area (Å²) in [5, 5.41) is 0. The van der Waals surface area contributed by atoms with Gasteiger partial charge in [-0.25, -0.2) is 4.79 Å². The van der Waals surface area contributed by atoms with E-state index in [0.717, 1.165) is 6.08 Å². The Bertz CT molecular complexity index is 223. The molecule has 0 amide bonds. The summed E-state index contributed by atoms with van der Waals surface area (Å²) >= 11 is 0. The molecule has 0 N–H and O–H groups in total. The molecule has 0 rings (SSSR count). The molecular formula is C11H18O4. The van der Waals surface area contributed by atoms with Crippen LogP contribution in [-0.2, 0) is 19.1 Å². The maximum atomic E-state index is 10.9. The van der Waals surface area contributed by atoms with E-state index in [0.29, 0.717) is 19.3 Å². The van der Waals surface area contributed by atoms with Crippen LogP contribution in [0.15, 0.2) is 12.7 Å². The number of hydrogen-bond donors (Lipinski definition) is 0. The number of carbonyl (C=O) groups is 2. The van der Waals surface area contributed by atoms with Crippen molar-refractivity contribution in [1.29, 1.82) is 0 Å². The fourth-order valence-electron chi connectivity index (χ4n) is 0.965. The minimum atomic E-state index is -0.441. The molecule has 86 valence electrons. The molecule has 1 unspecified atom stereocenters. The third-order valence-electron chi connectivity index (χ3n) is 1.90. The summed E-state index contributed by atoms with van der Waals surface area (Å²) in [4.78, 5) is 21.7. The van der Waals surface area contributed by atoms with Crippen LogP contribution >= 0.6 is 0 Å². The maximum Gasteiger partial charge on any atom is 0.330 e. The average Bonchev–Trinajstić information content (AvgIpc) is 2.26. The van der Waals surface area contributed by atoms with Gasteiger partial charge in [0.15, 0.2) is 0 Å². The van der Waals surface area contributed by atoms with E-state index >= 15 is 0 Å². The highest BCUT2D eigenvalue weighted by molar-refractivity contribution is 5.81. The molecule has 0 bridgehead atoms. The van der Waals surface area contributed by atoms with Crippen molar-refractivity contribution in [3.8, 4) is 0 Å². The first-order valence-corrected chi connectivity index (χ1v) is 5.12. The summed E-state index contributed by atoms with van der Waals surface area (Å²) in [5.41, 5.74) is 0. The van der Waals surface area contributed by atoms with Crippen molar-refractivity contribution >= 4 is 11.9 Å². The quantitative estimate of drug-likeness (QED) is 0.479. The molecule has 0 aromatic heterocycles. The van der Waals surface area contributed by atoms with Gasteiger partial charge in [-0.2, -0.15) is 0 Å². The lowest BCUT2D eigenvalue weighted by molar-refractivity contribution is -0.147. The monoisotopic (exact) mass is 214 g/mol. The molecule has 4 heteroatoms. The van der Waals surface area contributed by atoms with Crippen molar-refractivity contribution in [3.05, 3.63) is 12.7 Å². The van der Waals surface area contributed by atoms with Gasteiger partial charge in [0.25, 0.3) is 0 Å². The molecule has 0 spiro atoms. The number of esters is 2.